The second kappa shape index (κ2) is 12.6. The molecule has 2 unspecified atom stereocenters. The molecule has 0 aromatic carbocycles. The number of hydrogen-bond acceptors (Lipinski definition) is 6. The highest BCUT2D eigenvalue weighted by Gasteiger charge is 2.77. The molecule has 0 aromatic rings. The van der Waals surface area contributed by atoms with Crippen LogP contribution in [0.15, 0.2) is 25.3 Å². The van der Waals surface area contributed by atoms with Gasteiger partial charge >= 0.3 is 5.97 Å². The van der Waals surface area contributed by atoms with Crippen LogP contribution in [-0.4, -0.2) is 80.1 Å². The molecular weight excluding hydrogens is 500 g/mol. The van der Waals surface area contributed by atoms with Crippen molar-refractivity contribution in [3.63, 3.8) is 0 Å². The summed E-state index contributed by atoms with van der Waals surface area (Å²) < 4.78 is 4.70. The van der Waals surface area contributed by atoms with Gasteiger partial charge in [0.25, 0.3) is 0 Å². The zero-order chi connectivity index (χ0) is 28.1. The highest BCUT2D eigenvalue weighted by molar-refractivity contribution is 8.02. The number of esters is 1. The van der Waals surface area contributed by atoms with Crippen LogP contribution in [0.2, 0.25) is 0 Å². The Hall–Kier alpha value is -1.80. The van der Waals surface area contributed by atoms with Crippen molar-refractivity contribution in [1.82, 2.24) is 9.80 Å². The van der Waals surface area contributed by atoms with Gasteiger partial charge in [0, 0.05) is 30.0 Å². The van der Waals surface area contributed by atoms with Gasteiger partial charge in [0.05, 0.1) is 23.2 Å². The summed E-state index contributed by atoms with van der Waals surface area (Å²) in [7, 11) is 0. The number of amides is 2. The van der Waals surface area contributed by atoms with E-state index < -0.39 is 32.9 Å². The Morgan fingerprint density at radius 3 is 2.47 bits per heavy atom. The minimum Gasteiger partial charge on any atom is -0.465 e. The number of allylic oxidation sites excluding steroid dienone is 1. The van der Waals surface area contributed by atoms with E-state index >= 15 is 0 Å². The van der Waals surface area contributed by atoms with Crippen LogP contribution in [0.5, 0.6) is 0 Å². The predicted molar refractivity (Wildman–Crippen MR) is 153 cm³/mol. The zero-order valence-corrected chi connectivity index (χ0v) is 24.7. The number of aliphatic hydroxyl groups excluding tert-OH is 1. The number of nitrogens with zero attached hydrogens (tertiary/aromatic N) is 2. The largest absolute Gasteiger partial charge is 0.465 e. The molecule has 0 saturated carbocycles. The van der Waals surface area contributed by atoms with Gasteiger partial charge in [-0.25, -0.2) is 0 Å². The molecule has 8 heteroatoms. The molecular formula is C30H48N2O5S. The monoisotopic (exact) mass is 548 g/mol. The summed E-state index contributed by atoms with van der Waals surface area (Å²) in [5.74, 6) is -1.54. The maximum Gasteiger partial charge on any atom is 0.311 e. The summed E-state index contributed by atoms with van der Waals surface area (Å²) in [5.41, 5.74) is -0.440. The lowest BCUT2D eigenvalue weighted by atomic mass is 9.66. The van der Waals surface area contributed by atoms with Gasteiger partial charge in [0.2, 0.25) is 11.8 Å². The minimum absolute atomic E-state index is 0.0567. The lowest BCUT2D eigenvalue weighted by molar-refractivity contribution is -0.155. The Bertz CT molecular complexity index is 902. The summed E-state index contributed by atoms with van der Waals surface area (Å²) in [4.78, 5) is 45.7. The van der Waals surface area contributed by atoms with Gasteiger partial charge in [-0.2, -0.15) is 0 Å². The molecule has 3 heterocycles. The molecule has 3 saturated heterocycles. The van der Waals surface area contributed by atoms with Crippen molar-refractivity contribution in [3.8, 4) is 0 Å². The average Bonchev–Trinajstić information content (AvgIpc) is 3.42. The molecule has 3 rings (SSSR count). The first-order valence-electron chi connectivity index (χ1n) is 14.3. The molecule has 1 spiro atoms. The molecule has 2 amide bonds. The van der Waals surface area contributed by atoms with E-state index in [1.54, 1.807) is 22.7 Å². The van der Waals surface area contributed by atoms with Crippen molar-refractivity contribution in [3.05, 3.63) is 25.3 Å². The zero-order valence-electron chi connectivity index (χ0n) is 23.9. The van der Waals surface area contributed by atoms with Crippen LogP contribution in [0.25, 0.3) is 0 Å². The summed E-state index contributed by atoms with van der Waals surface area (Å²) >= 11 is 1.69. The number of unbranched alkanes of at least 4 members (excludes halogenated alkanes) is 5. The van der Waals surface area contributed by atoms with Gasteiger partial charge in [0.1, 0.15) is 6.04 Å². The van der Waals surface area contributed by atoms with E-state index in [1.807, 2.05) is 31.7 Å². The number of ether oxygens (including phenoxy) is 1. The molecule has 0 radical (unpaired) electrons. The third kappa shape index (κ3) is 5.86. The molecule has 2 bridgehead atoms. The summed E-state index contributed by atoms with van der Waals surface area (Å²) in [6.45, 7) is 17.1. The van der Waals surface area contributed by atoms with Crippen molar-refractivity contribution in [2.45, 2.75) is 107 Å². The van der Waals surface area contributed by atoms with E-state index in [1.165, 1.54) is 0 Å². The standard InChI is InChI=1S/C30H48N2O5S/c1-7-9-10-15-21-37-27(36)23-22-25(34)31(19-13-11-12-14-20-33)24(30(22)17-16-29(23,6)38-30)26(35)32(18-8-2)28(3,4)5/h7-8,22-24,33H,1-2,9-21H2,3-6H3/t22-,23+,24?,29-,30?/m0/s1. The molecule has 214 valence electrons. The second-order valence-corrected chi connectivity index (χ2v) is 14.2. The van der Waals surface area contributed by atoms with Gasteiger partial charge in [-0.15, -0.1) is 24.9 Å². The van der Waals surface area contributed by atoms with Crippen molar-refractivity contribution < 1.29 is 24.2 Å². The Morgan fingerprint density at radius 2 is 1.84 bits per heavy atom. The van der Waals surface area contributed by atoms with E-state index in [9.17, 15) is 14.4 Å². The third-order valence-corrected chi connectivity index (χ3v) is 10.5. The van der Waals surface area contributed by atoms with Crippen molar-refractivity contribution in [1.29, 1.82) is 0 Å². The van der Waals surface area contributed by atoms with E-state index in [4.69, 9.17) is 9.84 Å². The highest BCUT2D eigenvalue weighted by Crippen LogP contribution is 2.71. The Morgan fingerprint density at radius 1 is 1.13 bits per heavy atom. The molecule has 5 atom stereocenters. The van der Waals surface area contributed by atoms with Gasteiger partial charge < -0.3 is 19.6 Å². The van der Waals surface area contributed by atoms with E-state index in [2.05, 4.69) is 20.1 Å². The number of hydrogen-bond donors (Lipinski definition) is 1. The Labute approximate surface area is 233 Å². The van der Waals surface area contributed by atoms with E-state index in [-0.39, 0.29) is 24.4 Å². The summed E-state index contributed by atoms with van der Waals surface area (Å²) in [5, 5.41) is 9.14. The number of likely N-dealkylation sites (tertiary alicyclic amines) is 1. The maximum atomic E-state index is 14.4. The van der Waals surface area contributed by atoms with Crippen molar-refractivity contribution >= 4 is 29.5 Å². The number of thioether (sulfide) groups is 1. The maximum absolute atomic E-state index is 14.4. The van der Waals surface area contributed by atoms with Crippen LogP contribution in [0.3, 0.4) is 0 Å². The second-order valence-electron chi connectivity index (χ2n) is 12.3. The van der Waals surface area contributed by atoms with E-state index in [0.717, 1.165) is 57.8 Å². The predicted octanol–water partition coefficient (Wildman–Crippen LogP) is 4.73. The van der Waals surface area contributed by atoms with Gasteiger partial charge in [-0.3, -0.25) is 14.4 Å². The molecule has 3 aliphatic rings. The average molecular weight is 549 g/mol. The fourth-order valence-electron chi connectivity index (χ4n) is 6.68. The quantitative estimate of drug-likeness (QED) is 0.181. The molecule has 0 aliphatic carbocycles. The van der Waals surface area contributed by atoms with Crippen LogP contribution in [-0.2, 0) is 19.1 Å². The first-order chi connectivity index (χ1) is 18.0. The highest BCUT2D eigenvalue weighted by atomic mass is 32.2. The Kier molecular flexibility index (Phi) is 10.2. The molecule has 3 aliphatic heterocycles. The fraction of sp³-hybridized carbons (Fsp3) is 0.767. The molecule has 7 nitrogen and oxygen atoms in total. The topological polar surface area (TPSA) is 87.1 Å². The molecule has 0 aromatic heterocycles. The van der Waals surface area contributed by atoms with Crippen LogP contribution in [0.1, 0.15) is 85.5 Å². The van der Waals surface area contributed by atoms with E-state index in [0.29, 0.717) is 19.7 Å². The first-order valence-corrected chi connectivity index (χ1v) is 15.1. The lowest BCUT2D eigenvalue weighted by Crippen LogP contribution is -2.58. The van der Waals surface area contributed by atoms with Crippen LogP contribution >= 0.6 is 11.8 Å². The van der Waals surface area contributed by atoms with Gasteiger partial charge in [-0.1, -0.05) is 25.0 Å². The number of carbonyl (C=O) groups excluding carboxylic acids is 3. The van der Waals surface area contributed by atoms with Gasteiger partial charge in [0.15, 0.2) is 0 Å². The van der Waals surface area contributed by atoms with Crippen LogP contribution < -0.4 is 0 Å². The van der Waals surface area contributed by atoms with Crippen molar-refractivity contribution in [2.75, 3.05) is 26.3 Å². The minimum atomic E-state index is -0.634. The molecule has 1 N–H and O–H groups in total. The SMILES string of the molecule is C=CCCCCOC(=O)[C@H]1[C@H]2C(=O)N(CCCCCCO)C(C(=O)N(CC=C)C(C)(C)C)C23CC[C@]1(C)S3. The normalized spacial score (nSPS) is 29.9. The third-order valence-electron chi connectivity index (χ3n) is 8.51. The summed E-state index contributed by atoms with van der Waals surface area (Å²) in [6, 6.07) is -0.616. The van der Waals surface area contributed by atoms with Crippen LogP contribution in [0, 0.1) is 11.8 Å². The van der Waals surface area contributed by atoms with Crippen LogP contribution in [0.4, 0.5) is 0 Å². The smallest absolute Gasteiger partial charge is 0.311 e. The number of rotatable bonds is 15. The Balaban J connectivity index is 1.92. The number of aliphatic hydroxyl groups is 1. The molecule has 38 heavy (non-hydrogen) atoms. The lowest BCUT2D eigenvalue weighted by Gasteiger charge is -2.42. The first kappa shape index (κ1) is 30.7. The number of carbonyl (C=O) groups is 3. The van der Waals surface area contributed by atoms with Crippen molar-refractivity contribution in [2.24, 2.45) is 11.8 Å². The molecule has 3 fully saturated rings. The fourth-order valence-corrected chi connectivity index (χ4v) is 9.01. The van der Waals surface area contributed by atoms with Gasteiger partial charge in [-0.05, 0) is 72.6 Å². The number of fused-ring (bicyclic) bond motifs is 1. The summed E-state index contributed by atoms with van der Waals surface area (Å²) in [6.07, 6.45) is 10.9.